The number of benzene rings is 2. The van der Waals surface area contributed by atoms with Gasteiger partial charge in [-0.2, -0.15) is 0 Å². The van der Waals surface area contributed by atoms with Crippen LogP contribution in [0.25, 0.3) is 0 Å². The van der Waals surface area contributed by atoms with Gasteiger partial charge in [0.2, 0.25) is 5.91 Å². The molecule has 0 bridgehead atoms. The van der Waals surface area contributed by atoms with Crippen molar-refractivity contribution in [2.45, 2.75) is 20.3 Å². The molecule has 0 heterocycles. The van der Waals surface area contributed by atoms with Gasteiger partial charge in [-0.15, -0.1) is 0 Å². The Labute approximate surface area is 155 Å². The third-order valence-electron chi connectivity index (χ3n) is 3.79. The fourth-order valence-corrected chi connectivity index (χ4v) is 4.24. The molecule has 140 valence electrons. The summed E-state index contributed by atoms with van der Waals surface area (Å²) in [4.78, 5) is 13.9. The van der Waals surface area contributed by atoms with Crippen LogP contribution in [-0.4, -0.2) is 32.9 Å². The largest absolute Gasteiger partial charge is 0.455 e. The number of carbonyl (C=O) groups is 1. The average molecular weight is 375 g/mol. The Hall–Kier alpha value is -2.34. The van der Waals surface area contributed by atoms with Gasteiger partial charge >= 0.3 is 0 Å². The lowest BCUT2D eigenvalue weighted by Crippen LogP contribution is -2.29. The molecule has 0 spiro atoms. The number of hydrogen-bond donors (Lipinski definition) is 0. The molecule has 0 saturated carbocycles. The number of rotatable bonds is 8. The van der Waals surface area contributed by atoms with Crippen LogP contribution in [0.3, 0.4) is 0 Å². The molecular weight excluding hydrogens is 350 g/mol. The first-order valence-corrected chi connectivity index (χ1v) is 10.4. The van der Waals surface area contributed by atoms with E-state index < -0.39 is 9.84 Å². The van der Waals surface area contributed by atoms with E-state index in [1.54, 1.807) is 19.2 Å². The lowest BCUT2D eigenvalue weighted by Gasteiger charge is -2.21. The number of carbonyl (C=O) groups excluding carboxylic acids is 1. The molecule has 0 aliphatic rings. The topological polar surface area (TPSA) is 63.7 Å². The van der Waals surface area contributed by atoms with Gasteiger partial charge in [0.05, 0.1) is 17.2 Å². The van der Waals surface area contributed by atoms with E-state index in [2.05, 4.69) is 0 Å². The van der Waals surface area contributed by atoms with Crippen LogP contribution in [0, 0.1) is 5.92 Å². The minimum Gasteiger partial charge on any atom is -0.455 e. The number of sulfone groups is 1. The first-order chi connectivity index (χ1) is 12.3. The van der Waals surface area contributed by atoms with E-state index in [1.807, 2.05) is 56.3 Å². The molecule has 0 fully saturated rings. The maximum Gasteiger partial charge on any atom is 0.227 e. The highest BCUT2D eigenvalue weighted by atomic mass is 32.2. The highest BCUT2D eigenvalue weighted by molar-refractivity contribution is 7.91. The highest BCUT2D eigenvalue weighted by Crippen LogP contribution is 2.31. The number of ether oxygens (including phenoxy) is 1. The summed E-state index contributed by atoms with van der Waals surface area (Å²) in [5, 5.41) is 0. The molecule has 1 amide bonds. The van der Waals surface area contributed by atoms with Crippen molar-refractivity contribution in [3.8, 4) is 11.5 Å². The first-order valence-electron chi connectivity index (χ1n) is 8.57. The molecule has 0 saturated heterocycles. The molecule has 26 heavy (non-hydrogen) atoms. The molecule has 0 N–H and O–H groups in total. The summed E-state index contributed by atoms with van der Waals surface area (Å²) < 4.78 is 29.9. The molecule has 2 aromatic rings. The zero-order valence-corrected chi connectivity index (χ0v) is 16.2. The highest BCUT2D eigenvalue weighted by Gasteiger charge is 2.20. The van der Waals surface area contributed by atoms with Crippen LogP contribution in [0.15, 0.2) is 54.6 Å². The van der Waals surface area contributed by atoms with Gasteiger partial charge in [0, 0.05) is 13.5 Å². The first kappa shape index (κ1) is 20.0. The van der Waals surface area contributed by atoms with E-state index in [4.69, 9.17) is 4.74 Å². The molecule has 2 rings (SSSR count). The number of amides is 1. The van der Waals surface area contributed by atoms with Gasteiger partial charge in [0.15, 0.2) is 15.6 Å². The molecule has 6 heteroatoms. The fraction of sp³-hybridized carbons (Fsp3) is 0.350. The van der Waals surface area contributed by atoms with Gasteiger partial charge < -0.3 is 9.64 Å². The Bertz CT molecular complexity index is 832. The smallest absolute Gasteiger partial charge is 0.227 e. The zero-order valence-electron chi connectivity index (χ0n) is 15.4. The second-order valence-electron chi connectivity index (χ2n) is 6.59. The summed E-state index contributed by atoms with van der Waals surface area (Å²) in [7, 11) is -1.60. The average Bonchev–Trinajstić information content (AvgIpc) is 2.59. The van der Waals surface area contributed by atoms with Crippen molar-refractivity contribution in [3.63, 3.8) is 0 Å². The molecular formula is C20H25NO4S. The maximum absolute atomic E-state index is 12.5. The van der Waals surface area contributed by atoms with Crippen molar-refractivity contribution in [2.75, 3.05) is 23.5 Å². The molecule has 0 unspecified atom stereocenters. The van der Waals surface area contributed by atoms with E-state index in [1.165, 1.54) is 4.90 Å². The summed E-state index contributed by atoms with van der Waals surface area (Å²) in [5.74, 6) is 0.947. The van der Waals surface area contributed by atoms with Crippen molar-refractivity contribution in [1.29, 1.82) is 0 Å². The quantitative estimate of drug-likeness (QED) is 0.702. The Kier molecular flexibility index (Phi) is 6.80. The van der Waals surface area contributed by atoms with Gasteiger partial charge in [-0.3, -0.25) is 4.79 Å². The second kappa shape index (κ2) is 8.85. The van der Waals surface area contributed by atoms with Crippen LogP contribution < -0.4 is 9.64 Å². The van der Waals surface area contributed by atoms with Crippen molar-refractivity contribution in [3.05, 3.63) is 54.6 Å². The maximum atomic E-state index is 12.5. The van der Waals surface area contributed by atoms with Crippen molar-refractivity contribution in [1.82, 2.24) is 0 Å². The number of nitrogens with zero attached hydrogens (tertiary/aromatic N) is 1. The summed E-state index contributed by atoms with van der Waals surface area (Å²) >= 11 is 0. The second-order valence-corrected chi connectivity index (χ2v) is 8.82. The predicted molar refractivity (Wildman–Crippen MR) is 104 cm³/mol. The monoisotopic (exact) mass is 375 g/mol. The lowest BCUT2D eigenvalue weighted by molar-refractivity contribution is -0.117. The van der Waals surface area contributed by atoms with E-state index in [0.717, 1.165) is 0 Å². The minimum atomic E-state index is -3.23. The van der Waals surface area contributed by atoms with Gasteiger partial charge in [0.25, 0.3) is 0 Å². The Morgan fingerprint density at radius 1 is 1.04 bits per heavy atom. The van der Waals surface area contributed by atoms with Crippen LogP contribution in [0.4, 0.5) is 5.69 Å². The normalized spacial score (nSPS) is 11.4. The summed E-state index contributed by atoms with van der Waals surface area (Å²) in [5.41, 5.74) is 0.600. The molecule has 2 aromatic carbocycles. The summed E-state index contributed by atoms with van der Waals surface area (Å²) in [6.45, 7) is 3.70. The van der Waals surface area contributed by atoms with Crippen LogP contribution in [0.5, 0.6) is 11.5 Å². The van der Waals surface area contributed by atoms with Gasteiger partial charge in [0.1, 0.15) is 5.75 Å². The SMILES string of the molecule is CC(C)CS(=O)(=O)CCC(=O)N(C)c1ccccc1Oc1ccccc1. The van der Waals surface area contributed by atoms with Gasteiger partial charge in [-0.05, 0) is 30.2 Å². The number of anilines is 1. The lowest BCUT2D eigenvalue weighted by atomic mass is 10.2. The van der Waals surface area contributed by atoms with Crippen molar-refractivity contribution in [2.24, 2.45) is 5.92 Å². The van der Waals surface area contributed by atoms with E-state index >= 15 is 0 Å². The number of para-hydroxylation sites is 3. The zero-order chi connectivity index (χ0) is 19.2. The van der Waals surface area contributed by atoms with Crippen LogP contribution in [-0.2, 0) is 14.6 Å². The minimum absolute atomic E-state index is 0.0489. The van der Waals surface area contributed by atoms with E-state index in [9.17, 15) is 13.2 Å². The molecule has 0 aliphatic heterocycles. The number of hydrogen-bond acceptors (Lipinski definition) is 4. The van der Waals surface area contributed by atoms with Gasteiger partial charge in [-0.1, -0.05) is 44.2 Å². The molecule has 0 radical (unpaired) electrons. The van der Waals surface area contributed by atoms with Crippen LogP contribution >= 0.6 is 0 Å². The molecule has 0 aliphatic carbocycles. The van der Waals surface area contributed by atoms with Crippen LogP contribution in [0.1, 0.15) is 20.3 Å². The third kappa shape index (κ3) is 5.88. The Balaban J connectivity index is 2.09. The Morgan fingerprint density at radius 2 is 1.65 bits per heavy atom. The molecule has 0 atom stereocenters. The van der Waals surface area contributed by atoms with Crippen molar-refractivity contribution >= 4 is 21.4 Å². The third-order valence-corrected chi connectivity index (χ3v) is 5.79. The van der Waals surface area contributed by atoms with E-state index in [-0.39, 0.29) is 29.8 Å². The van der Waals surface area contributed by atoms with Crippen LogP contribution in [0.2, 0.25) is 0 Å². The standard InChI is InChI=1S/C20H25NO4S/c1-16(2)15-26(23,24)14-13-20(22)21(3)18-11-7-8-12-19(18)25-17-9-5-4-6-10-17/h4-12,16H,13-15H2,1-3H3. The van der Waals surface area contributed by atoms with Gasteiger partial charge in [-0.25, -0.2) is 8.42 Å². The predicted octanol–water partition coefficient (Wildman–Crippen LogP) is 3.90. The van der Waals surface area contributed by atoms with Crippen molar-refractivity contribution < 1.29 is 17.9 Å². The summed E-state index contributed by atoms with van der Waals surface area (Å²) in [6.07, 6.45) is -0.0504. The fourth-order valence-electron chi connectivity index (χ4n) is 2.57. The van der Waals surface area contributed by atoms with E-state index in [0.29, 0.717) is 17.2 Å². The molecule has 5 nitrogen and oxygen atoms in total. The Morgan fingerprint density at radius 3 is 2.31 bits per heavy atom. The summed E-state index contributed by atoms with van der Waals surface area (Å²) in [6, 6.07) is 16.5. The molecule has 0 aromatic heterocycles.